The average Bonchev–Trinajstić information content (AvgIpc) is 2.62. The first-order chi connectivity index (χ1) is 13.5. The number of rotatable bonds is 10. The Labute approximate surface area is 175 Å². The molecule has 1 atom stereocenters. The second-order valence-corrected chi connectivity index (χ2v) is 8.64. The van der Waals surface area contributed by atoms with E-state index in [0.29, 0.717) is 40.9 Å². The number of hydrogen-bond donors (Lipinski definition) is 1. The minimum atomic E-state index is -0.577. The quantitative estimate of drug-likeness (QED) is 0.315. The van der Waals surface area contributed by atoms with Crippen LogP contribution in [0, 0.1) is 23.7 Å². The molecule has 5 nitrogen and oxygen atoms in total. The Kier molecular flexibility index (Phi) is 9.93. The molecule has 1 unspecified atom stereocenters. The third kappa shape index (κ3) is 7.92. The molecule has 0 aliphatic heterocycles. The van der Waals surface area contributed by atoms with Crippen LogP contribution in [0.25, 0.3) is 0 Å². The molecule has 1 aromatic rings. The molecule has 0 aliphatic carbocycles. The van der Waals surface area contributed by atoms with Crippen LogP contribution in [-0.2, 0) is 9.53 Å². The zero-order valence-electron chi connectivity index (χ0n) is 19.0. The summed E-state index contributed by atoms with van der Waals surface area (Å²) < 4.78 is 10.2. The first-order valence-corrected chi connectivity index (χ1v) is 10.4. The Morgan fingerprint density at radius 1 is 0.966 bits per heavy atom. The highest BCUT2D eigenvalue weighted by molar-refractivity contribution is 5.86. The number of carbonyl (C=O) groups excluding carboxylic acids is 2. The summed E-state index contributed by atoms with van der Waals surface area (Å²) in [6.07, 6.45) is -0.577. The van der Waals surface area contributed by atoms with E-state index < -0.39 is 12.1 Å². The van der Waals surface area contributed by atoms with Crippen LogP contribution in [0.1, 0.15) is 59.9 Å². The maximum Gasteiger partial charge on any atom is 0.412 e. The zero-order chi connectivity index (χ0) is 22.1. The molecule has 0 aromatic heterocycles. The number of carbonyl (C=O) groups is 2. The van der Waals surface area contributed by atoms with Crippen molar-refractivity contribution in [3.63, 3.8) is 0 Å². The van der Waals surface area contributed by atoms with E-state index in [1.807, 2.05) is 12.1 Å². The van der Waals surface area contributed by atoms with Crippen LogP contribution in [0.3, 0.4) is 0 Å². The highest BCUT2D eigenvalue weighted by Gasteiger charge is 2.30. The first-order valence-electron chi connectivity index (χ1n) is 10.4. The van der Waals surface area contributed by atoms with E-state index in [2.05, 4.69) is 65.6 Å². The molecule has 0 radical (unpaired) electrons. The summed E-state index contributed by atoms with van der Waals surface area (Å²) in [4.78, 5) is 23.2. The fourth-order valence-corrected chi connectivity index (χ4v) is 3.97. The lowest BCUT2D eigenvalue weighted by Crippen LogP contribution is -2.30. The molecule has 0 heterocycles. The molecule has 1 amide bonds. The van der Waals surface area contributed by atoms with Crippen LogP contribution in [0.4, 0.5) is 4.79 Å². The summed E-state index contributed by atoms with van der Waals surface area (Å²) in [6, 6.07) is 7.78. The van der Waals surface area contributed by atoms with Gasteiger partial charge < -0.3 is 14.8 Å². The molecule has 0 saturated carbocycles. The van der Waals surface area contributed by atoms with E-state index in [1.165, 1.54) is 5.56 Å². The van der Waals surface area contributed by atoms with Crippen molar-refractivity contribution in [2.75, 3.05) is 13.2 Å². The monoisotopic (exact) mass is 403 g/mol. The maximum absolute atomic E-state index is 11.9. The third-order valence-electron chi connectivity index (χ3n) is 5.10. The van der Waals surface area contributed by atoms with Gasteiger partial charge >= 0.3 is 12.1 Å². The smallest absolute Gasteiger partial charge is 0.412 e. The van der Waals surface area contributed by atoms with Gasteiger partial charge in [0.05, 0.1) is 6.54 Å². The van der Waals surface area contributed by atoms with Crippen molar-refractivity contribution in [1.82, 2.24) is 5.32 Å². The van der Waals surface area contributed by atoms with Crippen molar-refractivity contribution < 1.29 is 19.1 Å². The van der Waals surface area contributed by atoms with Gasteiger partial charge in [-0.3, -0.25) is 0 Å². The van der Waals surface area contributed by atoms with Crippen LogP contribution in [-0.4, -0.2) is 25.2 Å². The summed E-state index contributed by atoms with van der Waals surface area (Å²) >= 11 is 0. The molecule has 162 valence electrons. The van der Waals surface area contributed by atoms with Crippen LogP contribution in [0.15, 0.2) is 36.4 Å². The molecule has 1 N–H and O–H groups in total. The molecule has 5 heteroatoms. The van der Waals surface area contributed by atoms with Gasteiger partial charge in [0.25, 0.3) is 0 Å². The van der Waals surface area contributed by atoms with Crippen molar-refractivity contribution in [3.8, 4) is 5.75 Å². The maximum atomic E-state index is 11.9. The minimum Gasteiger partial charge on any atom is -0.460 e. The number of ether oxygens (including phenoxy) is 2. The zero-order valence-corrected chi connectivity index (χ0v) is 19.0. The lowest BCUT2D eigenvalue weighted by molar-refractivity contribution is -0.138. The van der Waals surface area contributed by atoms with Gasteiger partial charge in [-0.1, -0.05) is 60.3 Å². The minimum absolute atomic E-state index is 0.0710. The molecular weight excluding hydrogens is 366 g/mol. The Morgan fingerprint density at radius 3 is 1.97 bits per heavy atom. The van der Waals surface area contributed by atoms with E-state index in [-0.39, 0.29) is 13.2 Å². The second-order valence-electron chi connectivity index (χ2n) is 8.64. The summed E-state index contributed by atoms with van der Waals surface area (Å²) in [5, 5.41) is 2.56. The van der Waals surface area contributed by atoms with E-state index in [9.17, 15) is 9.59 Å². The fourth-order valence-electron chi connectivity index (χ4n) is 3.97. The molecule has 0 spiro atoms. The molecular formula is C24H37NO4. The van der Waals surface area contributed by atoms with Gasteiger partial charge in [0, 0.05) is 5.57 Å². The van der Waals surface area contributed by atoms with Crippen molar-refractivity contribution >= 4 is 12.1 Å². The summed E-state index contributed by atoms with van der Waals surface area (Å²) in [7, 11) is 0. The third-order valence-corrected chi connectivity index (χ3v) is 5.10. The molecule has 0 aliphatic rings. The Balaban J connectivity index is 2.68. The van der Waals surface area contributed by atoms with E-state index in [4.69, 9.17) is 9.47 Å². The highest BCUT2D eigenvalue weighted by Crippen LogP contribution is 2.41. The van der Waals surface area contributed by atoms with Gasteiger partial charge in [-0.25, -0.2) is 9.59 Å². The molecule has 1 aromatic carbocycles. The predicted molar refractivity (Wildman–Crippen MR) is 117 cm³/mol. The van der Waals surface area contributed by atoms with Crippen molar-refractivity contribution in [3.05, 3.63) is 42.0 Å². The Morgan fingerprint density at radius 2 is 1.52 bits per heavy atom. The van der Waals surface area contributed by atoms with E-state index in [0.717, 1.165) is 0 Å². The normalized spacial score (nSPS) is 12.4. The van der Waals surface area contributed by atoms with Crippen LogP contribution < -0.4 is 10.1 Å². The van der Waals surface area contributed by atoms with Gasteiger partial charge in [-0.15, -0.1) is 0 Å². The number of benzene rings is 1. The van der Waals surface area contributed by atoms with Crippen molar-refractivity contribution in [1.29, 1.82) is 0 Å². The van der Waals surface area contributed by atoms with Crippen molar-refractivity contribution in [2.24, 2.45) is 23.7 Å². The SMILES string of the molecule is C=C(C)C(=O)OCCNC(=O)Oc1ccc(C(C(C)C)C(C(C)C)C(C)C)cc1. The largest absolute Gasteiger partial charge is 0.460 e. The van der Waals surface area contributed by atoms with E-state index >= 15 is 0 Å². The summed E-state index contributed by atoms with van der Waals surface area (Å²) in [6.45, 7) is 19.0. The van der Waals surface area contributed by atoms with Gasteiger partial charge in [-0.05, 0) is 54.2 Å². The Hall–Kier alpha value is -2.30. The van der Waals surface area contributed by atoms with Crippen LogP contribution in [0.2, 0.25) is 0 Å². The summed E-state index contributed by atoms with van der Waals surface area (Å²) in [5.41, 5.74) is 1.59. The Bertz CT molecular complexity index is 669. The van der Waals surface area contributed by atoms with Gasteiger partial charge in [-0.2, -0.15) is 0 Å². The first kappa shape index (κ1) is 24.7. The lowest BCUT2D eigenvalue weighted by Gasteiger charge is -2.36. The van der Waals surface area contributed by atoms with Gasteiger partial charge in [0.1, 0.15) is 12.4 Å². The number of nitrogens with one attached hydrogen (secondary N) is 1. The molecule has 1 rings (SSSR count). The van der Waals surface area contributed by atoms with E-state index in [1.54, 1.807) is 6.92 Å². The molecule has 0 fully saturated rings. The standard InChI is InChI=1S/C24H37NO4/c1-15(2)21(16(3)4)22(17(5)6)19-9-11-20(12-10-19)29-24(27)25-13-14-28-23(26)18(7)8/h9-12,15-17,21-22H,7,13-14H2,1-6,8H3,(H,25,27). The topological polar surface area (TPSA) is 64.6 Å². The number of hydrogen-bond acceptors (Lipinski definition) is 4. The fraction of sp³-hybridized carbons (Fsp3) is 0.583. The molecule has 0 bridgehead atoms. The van der Waals surface area contributed by atoms with Crippen LogP contribution in [0.5, 0.6) is 5.75 Å². The molecule has 0 saturated heterocycles. The van der Waals surface area contributed by atoms with Crippen LogP contribution >= 0.6 is 0 Å². The van der Waals surface area contributed by atoms with Crippen molar-refractivity contribution in [2.45, 2.75) is 54.4 Å². The predicted octanol–water partition coefficient (Wildman–Crippen LogP) is 5.56. The molecule has 29 heavy (non-hydrogen) atoms. The average molecular weight is 404 g/mol. The summed E-state index contributed by atoms with van der Waals surface area (Å²) in [5.74, 6) is 2.72. The lowest BCUT2D eigenvalue weighted by atomic mass is 9.68. The second kappa shape index (κ2) is 11.6. The van der Waals surface area contributed by atoms with Gasteiger partial charge in [0.15, 0.2) is 0 Å². The highest BCUT2D eigenvalue weighted by atomic mass is 16.6. The van der Waals surface area contributed by atoms with Gasteiger partial charge in [0.2, 0.25) is 0 Å². The number of esters is 1. The number of amides is 1.